The molecule has 0 unspecified atom stereocenters. The van der Waals surface area contributed by atoms with Crippen molar-refractivity contribution < 1.29 is 22.4 Å². The quantitative estimate of drug-likeness (QED) is 0.359. The molecule has 0 N–H and O–H groups in total. The molecule has 5 heterocycles. The smallest absolute Gasteiger partial charge is 0.433 e. The largest absolute Gasteiger partial charge is 0.461 e. The predicted molar refractivity (Wildman–Crippen MR) is 122 cm³/mol. The van der Waals surface area contributed by atoms with Gasteiger partial charge in [0.15, 0.2) is 5.82 Å². The summed E-state index contributed by atoms with van der Waals surface area (Å²) in [5.41, 5.74) is 0.963. The van der Waals surface area contributed by atoms with Gasteiger partial charge in [0.1, 0.15) is 11.8 Å². The second kappa shape index (κ2) is 8.80. The number of ether oxygens (including phenoxy) is 1. The van der Waals surface area contributed by atoms with Crippen molar-refractivity contribution in [2.24, 2.45) is 0 Å². The molecule has 1 aliphatic rings. The number of hydrogen-bond donors (Lipinski definition) is 0. The topological polar surface area (TPSA) is 94.5 Å². The van der Waals surface area contributed by atoms with E-state index in [1.807, 2.05) is 44.0 Å². The summed E-state index contributed by atoms with van der Waals surface area (Å²) in [4.78, 5) is 14.7. The molecule has 13 heteroatoms. The Morgan fingerprint density at radius 3 is 2.60 bits per heavy atom. The van der Waals surface area contributed by atoms with Crippen molar-refractivity contribution in [2.75, 3.05) is 11.4 Å². The van der Waals surface area contributed by atoms with Crippen LogP contribution in [0.2, 0.25) is 0 Å². The first-order valence-electron chi connectivity index (χ1n) is 10.7. The summed E-state index contributed by atoms with van der Waals surface area (Å²) in [5.74, 6) is 0.842. The first-order chi connectivity index (χ1) is 16.7. The van der Waals surface area contributed by atoms with Crippen LogP contribution >= 0.6 is 11.3 Å². The third kappa shape index (κ3) is 4.76. The van der Waals surface area contributed by atoms with Gasteiger partial charge in [0.2, 0.25) is 4.96 Å². The van der Waals surface area contributed by atoms with E-state index in [9.17, 15) is 13.2 Å². The molecule has 182 valence electrons. The van der Waals surface area contributed by atoms with E-state index in [0.29, 0.717) is 39.8 Å². The highest BCUT2D eigenvalue weighted by Crippen LogP contribution is 2.30. The highest BCUT2D eigenvalue weighted by atomic mass is 32.1. The van der Waals surface area contributed by atoms with Crippen LogP contribution in [0, 0.1) is 0 Å². The Morgan fingerprint density at radius 1 is 1.17 bits per heavy atom. The van der Waals surface area contributed by atoms with Gasteiger partial charge in [-0.1, -0.05) is 25.1 Å². The second-order valence-electron chi connectivity index (χ2n) is 8.17. The van der Waals surface area contributed by atoms with Crippen molar-refractivity contribution in [3.05, 3.63) is 60.0 Å². The van der Waals surface area contributed by atoms with E-state index >= 15 is 0 Å². The van der Waals surface area contributed by atoms with E-state index in [2.05, 4.69) is 25.2 Å². The normalized spacial score (nSPS) is 15.2. The van der Waals surface area contributed by atoms with Gasteiger partial charge in [0.05, 0.1) is 11.9 Å². The maximum Gasteiger partial charge on any atom is 0.433 e. The van der Waals surface area contributed by atoms with Gasteiger partial charge in [0, 0.05) is 30.4 Å². The summed E-state index contributed by atoms with van der Waals surface area (Å²) in [6, 6.07) is 2.71. The minimum absolute atomic E-state index is 0.183. The fraction of sp³-hybridized carbons (Fsp3) is 0.318. The number of imidazole rings is 1. The molecule has 0 bridgehead atoms. The Kier molecular flexibility index (Phi) is 5.79. The van der Waals surface area contributed by atoms with Gasteiger partial charge >= 0.3 is 12.2 Å². The lowest BCUT2D eigenvalue weighted by Gasteiger charge is -2.21. The third-order valence-corrected chi connectivity index (χ3v) is 6.10. The van der Waals surface area contributed by atoms with Crippen LogP contribution in [0.1, 0.15) is 38.2 Å². The highest BCUT2D eigenvalue weighted by Gasteiger charge is 2.32. The average Bonchev–Trinajstić information content (AvgIpc) is 3.54. The lowest BCUT2D eigenvalue weighted by atomic mass is 10.1. The Hall–Kier alpha value is -3.74. The van der Waals surface area contributed by atoms with Crippen molar-refractivity contribution in [1.29, 1.82) is 0 Å². The Morgan fingerprint density at radius 2 is 2.00 bits per heavy atom. The van der Waals surface area contributed by atoms with Crippen LogP contribution in [0.5, 0.6) is 5.19 Å². The Bertz CT molecular complexity index is 1370. The molecule has 0 aliphatic carbocycles. The zero-order valence-electron chi connectivity index (χ0n) is 18.9. The molecule has 0 aromatic carbocycles. The van der Waals surface area contributed by atoms with Crippen molar-refractivity contribution in [3.63, 3.8) is 0 Å². The number of anilines is 1. The maximum absolute atomic E-state index is 12.7. The van der Waals surface area contributed by atoms with Crippen LogP contribution in [0.3, 0.4) is 0 Å². The molecular formula is C22H20F3N7O2S. The molecule has 0 radical (unpaired) electrons. The summed E-state index contributed by atoms with van der Waals surface area (Å²) in [7, 11) is 0. The maximum atomic E-state index is 12.7. The molecule has 0 fully saturated rings. The zero-order valence-corrected chi connectivity index (χ0v) is 19.7. The summed E-state index contributed by atoms with van der Waals surface area (Å²) < 4.78 is 51.0. The fourth-order valence-electron chi connectivity index (χ4n) is 3.33. The van der Waals surface area contributed by atoms with E-state index in [1.54, 1.807) is 6.20 Å². The van der Waals surface area contributed by atoms with Crippen LogP contribution in [0.15, 0.2) is 53.0 Å². The summed E-state index contributed by atoms with van der Waals surface area (Å²) in [5, 5.41) is 8.80. The number of fused-ring (bicyclic) bond motifs is 1. The minimum atomic E-state index is -4.48. The van der Waals surface area contributed by atoms with Crippen molar-refractivity contribution in [2.45, 2.75) is 39.0 Å². The minimum Gasteiger partial charge on any atom is -0.461 e. The van der Waals surface area contributed by atoms with Gasteiger partial charge in [-0.05, 0) is 42.0 Å². The molecule has 4 aromatic rings. The molecule has 35 heavy (non-hydrogen) atoms. The third-order valence-electron chi connectivity index (χ3n) is 5.29. The van der Waals surface area contributed by atoms with E-state index in [1.165, 1.54) is 21.9 Å². The number of rotatable bonds is 6. The van der Waals surface area contributed by atoms with E-state index < -0.39 is 11.9 Å². The number of alkyl halides is 3. The zero-order chi connectivity index (χ0) is 24.7. The molecule has 1 atom stereocenters. The predicted octanol–water partition coefficient (Wildman–Crippen LogP) is 5.11. The average molecular weight is 504 g/mol. The van der Waals surface area contributed by atoms with Crippen molar-refractivity contribution >= 4 is 22.3 Å². The standard InChI is InChI=1S/C22H20F3N7O2S/c1-12(2)18-28-19(34-30-18)31-8-6-14(7-9-31)13(3)33-21-29-32-11-16(27-20(32)35-21)15-4-5-17(26-10-15)22(23,24)25/h4-8,10-13H,9H2,1-3H3/t13-/m0/s1. The van der Waals surface area contributed by atoms with Crippen molar-refractivity contribution in [3.8, 4) is 16.5 Å². The van der Waals surface area contributed by atoms with Crippen LogP contribution in [-0.4, -0.2) is 42.4 Å². The van der Waals surface area contributed by atoms with Crippen LogP contribution in [0.4, 0.5) is 19.2 Å². The van der Waals surface area contributed by atoms with Gasteiger partial charge in [-0.25, -0.2) is 9.50 Å². The summed E-state index contributed by atoms with van der Waals surface area (Å²) in [6.45, 7) is 6.48. The molecule has 0 spiro atoms. The van der Waals surface area contributed by atoms with Gasteiger partial charge in [0.25, 0.3) is 5.19 Å². The number of halogens is 3. The molecular weight excluding hydrogens is 483 g/mol. The first-order valence-corrected chi connectivity index (χ1v) is 11.5. The molecule has 0 saturated carbocycles. The van der Waals surface area contributed by atoms with Gasteiger partial charge in [-0.3, -0.25) is 9.88 Å². The van der Waals surface area contributed by atoms with E-state index in [4.69, 9.17) is 9.26 Å². The Labute approximate surface area is 201 Å². The van der Waals surface area contributed by atoms with E-state index in [0.717, 1.165) is 17.8 Å². The molecule has 0 saturated heterocycles. The van der Waals surface area contributed by atoms with Crippen LogP contribution < -0.4 is 9.64 Å². The number of hydrogen-bond acceptors (Lipinski definition) is 9. The van der Waals surface area contributed by atoms with Crippen LogP contribution in [0.25, 0.3) is 16.2 Å². The molecule has 5 rings (SSSR count). The van der Waals surface area contributed by atoms with Gasteiger partial charge in [-0.15, -0.1) is 5.10 Å². The number of pyridine rings is 1. The molecule has 0 amide bonds. The first kappa shape index (κ1) is 23.0. The lowest BCUT2D eigenvalue weighted by Crippen LogP contribution is -2.23. The fourth-order valence-corrected chi connectivity index (χ4v) is 4.14. The summed E-state index contributed by atoms with van der Waals surface area (Å²) >= 11 is 1.24. The SMILES string of the molecule is CC(C)c1noc(N2C=CC([C@H](C)Oc3nn4cc(-c5ccc(C(F)(F)F)nc5)nc4s3)=CC2)n1. The van der Waals surface area contributed by atoms with Crippen molar-refractivity contribution in [1.82, 2.24) is 29.7 Å². The second-order valence-corrected chi connectivity index (χ2v) is 9.09. The molecule has 1 aliphatic heterocycles. The lowest BCUT2D eigenvalue weighted by molar-refractivity contribution is -0.141. The van der Waals surface area contributed by atoms with Gasteiger partial charge < -0.3 is 9.26 Å². The highest BCUT2D eigenvalue weighted by molar-refractivity contribution is 7.18. The molecule has 9 nitrogen and oxygen atoms in total. The Balaban J connectivity index is 1.23. The van der Waals surface area contributed by atoms with Crippen LogP contribution in [-0.2, 0) is 6.18 Å². The monoisotopic (exact) mass is 503 g/mol. The number of nitrogens with zero attached hydrogens (tertiary/aromatic N) is 7. The summed E-state index contributed by atoms with van der Waals surface area (Å²) in [6.07, 6.45) is 3.82. The number of aromatic nitrogens is 6. The van der Waals surface area contributed by atoms with E-state index in [-0.39, 0.29) is 12.0 Å². The molecule has 4 aromatic heterocycles. The van der Waals surface area contributed by atoms with Gasteiger partial charge in [-0.2, -0.15) is 18.2 Å².